The zero-order valence-electron chi connectivity index (χ0n) is 14.4. The van der Waals surface area contributed by atoms with E-state index in [1.54, 1.807) is 24.3 Å². The summed E-state index contributed by atoms with van der Waals surface area (Å²) in [5.74, 6) is -0.505. The van der Waals surface area contributed by atoms with Gasteiger partial charge in [-0.05, 0) is 49.2 Å². The summed E-state index contributed by atoms with van der Waals surface area (Å²) in [6.45, 7) is 1.87. The second kappa shape index (κ2) is 7.38. The Bertz CT molecular complexity index is 735. The summed E-state index contributed by atoms with van der Waals surface area (Å²) in [7, 11) is 1.85. The monoisotopic (exact) mass is 337 g/mol. The van der Waals surface area contributed by atoms with Crippen LogP contribution in [0.25, 0.3) is 0 Å². The van der Waals surface area contributed by atoms with Crippen LogP contribution in [-0.4, -0.2) is 42.9 Å². The van der Waals surface area contributed by atoms with E-state index in [-0.39, 0.29) is 11.9 Å². The minimum atomic E-state index is -0.486. The van der Waals surface area contributed by atoms with Gasteiger partial charge >= 0.3 is 0 Å². The fourth-order valence-corrected chi connectivity index (χ4v) is 3.30. The van der Waals surface area contributed by atoms with Crippen LogP contribution in [0.4, 0.5) is 5.69 Å². The molecule has 1 fully saturated rings. The zero-order valence-corrected chi connectivity index (χ0v) is 14.4. The summed E-state index contributed by atoms with van der Waals surface area (Å²) in [6.07, 6.45) is 1.88. The summed E-state index contributed by atoms with van der Waals surface area (Å²) in [4.78, 5) is 28.0. The SMILES string of the molecule is CN(C(=O)c1ccc(C(N)=O)cc1)C1CCN(c2ccccc2)CC1. The maximum absolute atomic E-state index is 12.7. The number of primary amides is 1. The molecule has 3 rings (SSSR count). The summed E-state index contributed by atoms with van der Waals surface area (Å²) in [5.41, 5.74) is 7.47. The second-order valence-corrected chi connectivity index (χ2v) is 6.41. The smallest absolute Gasteiger partial charge is 0.253 e. The largest absolute Gasteiger partial charge is 0.371 e. The Morgan fingerprint density at radius 2 is 1.52 bits per heavy atom. The predicted molar refractivity (Wildman–Crippen MR) is 98.7 cm³/mol. The molecule has 0 unspecified atom stereocenters. The Morgan fingerprint density at radius 1 is 0.960 bits per heavy atom. The molecule has 5 nitrogen and oxygen atoms in total. The van der Waals surface area contributed by atoms with Crippen molar-refractivity contribution in [2.45, 2.75) is 18.9 Å². The van der Waals surface area contributed by atoms with E-state index in [1.807, 2.05) is 30.1 Å². The van der Waals surface area contributed by atoms with Crippen molar-refractivity contribution in [2.24, 2.45) is 5.73 Å². The molecule has 0 bridgehead atoms. The Labute approximate surface area is 148 Å². The van der Waals surface area contributed by atoms with Crippen LogP contribution in [-0.2, 0) is 0 Å². The molecule has 1 aliphatic heterocycles. The summed E-state index contributed by atoms with van der Waals surface area (Å²) in [5, 5.41) is 0. The molecule has 0 aliphatic carbocycles. The van der Waals surface area contributed by atoms with Gasteiger partial charge in [-0.1, -0.05) is 18.2 Å². The van der Waals surface area contributed by atoms with Crippen molar-refractivity contribution in [1.82, 2.24) is 4.90 Å². The fraction of sp³-hybridized carbons (Fsp3) is 0.300. The van der Waals surface area contributed by atoms with Crippen LogP contribution in [0.15, 0.2) is 54.6 Å². The minimum Gasteiger partial charge on any atom is -0.371 e. The number of piperidine rings is 1. The van der Waals surface area contributed by atoms with E-state index in [0.29, 0.717) is 11.1 Å². The molecule has 0 saturated carbocycles. The molecule has 0 aromatic heterocycles. The van der Waals surface area contributed by atoms with Crippen molar-refractivity contribution in [1.29, 1.82) is 0 Å². The molecule has 0 spiro atoms. The Hall–Kier alpha value is -2.82. The van der Waals surface area contributed by atoms with Gasteiger partial charge in [0.1, 0.15) is 0 Å². The first kappa shape index (κ1) is 17.0. The third-order valence-electron chi connectivity index (χ3n) is 4.87. The zero-order chi connectivity index (χ0) is 17.8. The van der Waals surface area contributed by atoms with Crippen molar-refractivity contribution < 1.29 is 9.59 Å². The second-order valence-electron chi connectivity index (χ2n) is 6.41. The van der Waals surface area contributed by atoms with E-state index >= 15 is 0 Å². The van der Waals surface area contributed by atoms with E-state index in [0.717, 1.165) is 25.9 Å². The Kier molecular flexibility index (Phi) is 5.03. The quantitative estimate of drug-likeness (QED) is 0.932. The number of para-hydroxylation sites is 1. The standard InChI is InChI=1S/C20H23N3O2/c1-22(20(25)16-9-7-15(8-10-16)19(21)24)17-11-13-23(14-12-17)18-5-3-2-4-6-18/h2-10,17H,11-14H2,1H3,(H2,21,24). The number of hydrogen-bond donors (Lipinski definition) is 1. The molecule has 1 saturated heterocycles. The van der Waals surface area contributed by atoms with Crippen molar-refractivity contribution in [3.8, 4) is 0 Å². The number of rotatable bonds is 4. The van der Waals surface area contributed by atoms with Gasteiger partial charge in [-0.3, -0.25) is 9.59 Å². The number of carbonyl (C=O) groups is 2. The fourth-order valence-electron chi connectivity index (χ4n) is 3.30. The first-order chi connectivity index (χ1) is 12.1. The third-order valence-corrected chi connectivity index (χ3v) is 4.87. The lowest BCUT2D eigenvalue weighted by molar-refractivity contribution is 0.0709. The van der Waals surface area contributed by atoms with Gasteiger partial charge in [0, 0.05) is 43.0 Å². The van der Waals surface area contributed by atoms with E-state index in [9.17, 15) is 9.59 Å². The van der Waals surface area contributed by atoms with Crippen LogP contribution in [0, 0.1) is 0 Å². The first-order valence-electron chi connectivity index (χ1n) is 8.53. The van der Waals surface area contributed by atoms with Crippen molar-refractivity contribution >= 4 is 17.5 Å². The molecule has 2 aromatic rings. The minimum absolute atomic E-state index is 0.0193. The number of benzene rings is 2. The highest BCUT2D eigenvalue weighted by molar-refractivity contribution is 5.97. The van der Waals surface area contributed by atoms with Crippen LogP contribution in [0.5, 0.6) is 0 Å². The number of nitrogens with zero attached hydrogens (tertiary/aromatic N) is 2. The molecule has 1 heterocycles. The van der Waals surface area contributed by atoms with E-state index < -0.39 is 5.91 Å². The summed E-state index contributed by atoms with van der Waals surface area (Å²) in [6, 6.07) is 17.1. The van der Waals surface area contributed by atoms with Gasteiger partial charge in [-0.2, -0.15) is 0 Å². The maximum atomic E-state index is 12.7. The van der Waals surface area contributed by atoms with Crippen LogP contribution in [0.3, 0.4) is 0 Å². The van der Waals surface area contributed by atoms with Gasteiger partial charge in [0.2, 0.25) is 5.91 Å². The third kappa shape index (κ3) is 3.82. The molecular formula is C20H23N3O2. The Morgan fingerprint density at radius 3 is 2.08 bits per heavy atom. The topological polar surface area (TPSA) is 66.6 Å². The van der Waals surface area contributed by atoms with Gasteiger partial charge in [0.25, 0.3) is 5.91 Å². The lowest BCUT2D eigenvalue weighted by Crippen LogP contribution is -2.45. The number of hydrogen-bond acceptors (Lipinski definition) is 3. The van der Waals surface area contributed by atoms with E-state index in [1.165, 1.54) is 5.69 Å². The van der Waals surface area contributed by atoms with Crippen LogP contribution >= 0.6 is 0 Å². The molecule has 1 aliphatic rings. The van der Waals surface area contributed by atoms with Gasteiger partial charge in [0.05, 0.1) is 0 Å². The highest BCUT2D eigenvalue weighted by Gasteiger charge is 2.26. The number of nitrogens with two attached hydrogens (primary N) is 1. The van der Waals surface area contributed by atoms with Gasteiger partial charge in [-0.25, -0.2) is 0 Å². The van der Waals surface area contributed by atoms with E-state index in [4.69, 9.17) is 5.73 Å². The number of carbonyl (C=O) groups excluding carboxylic acids is 2. The normalized spacial score (nSPS) is 15.0. The predicted octanol–water partition coefficient (Wildman–Crippen LogP) is 2.53. The summed E-state index contributed by atoms with van der Waals surface area (Å²) >= 11 is 0. The number of anilines is 1. The lowest BCUT2D eigenvalue weighted by Gasteiger charge is -2.38. The highest BCUT2D eigenvalue weighted by Crippen LogP contribution is 2.22. The van der Waals surface area contributed by atoms with E-state index in [2.05, 4.69) is 17.0 Å². The first-order valence-corrected chi connectivity index (χ1v) is 8.53. The van der Waals surface area contributed by atoms with Crippen LogP contribution < -0.4 is 10.6 Å². The molecule has 2 amide bonds. The average molecular weight is 337 g/mol. The van der Waals surface area contributed by atoms with Crippen molar-refractivity contribution in [3.63, 3.8) is 0 Å². The van der Waals surface area contributed by atoms with Crippen molar-refractivity contribution in [3.05, 3.63) is 65.7 Å². The van der Waals surface area contributed by atoms with Gasteiger partial charge < -0.3 is 15.5 Å². The van der Waals surface area contributed by atoms with Crippen molar-refractivity contribution in [2.75, 3.05) is 25.0 Å². The van der Waals surface area contributed by atoms with Gasteiger partial charge in [-0.15, -0.1) is 0 Å². The molecule has 130 valence electrons. The molecule has 2 aromatic carbocycles. The maximum Gasteiger partial charge on any atom is 0.253 e. The molecular weight excluding hydrogens is 314 g/mol. The van der Waals surface area contributed by atoms with Crippen LogP contribution in [0.1, 0.15) is 33.6 Å². The van der Waals surface area contributed by atoms with Gasteiger partial charge in [0.15, 0.2) is 0 Å². The molecule has 5 heteroatoms. The van der Waals surface area contributed by atoms with Crippen LogP contribution in [0.2, 0.25) is 0 Å². The summed E-state index contributed by atoms with van der Waals surface area (Å²) < 4.78 is 0. The molecule has 0 radical (unpaired) electrons. The molecule has 25 heavy (non-hydrogen) atoms. The average Bonchev–Trinajstić information content (AvgIpc) is 2.67. The molecule has 0 atom stereocenters. The lowest BCUT2D eigenvalue weighted by atomic mass is 10.0. The Balaban J connectivity index is 1.61. The highest BCUT2D eigenvalue weighted by atomic mass is 16.2. The number of amides is 2. The molecule has 2 N–H and O–H groups in total.